The maximum atomic E-state index is 13.4. The van der Waals surface area contributed by atoms with E-state index >= 15 is 0 Å². The predicted molar refractivity (Wildman–Crippen MR) is 104 cm³/mol. The van der Waals surface area contributed by atoms with Gasteiger partial charge in [-0.25, -0.2) is 9.37 Å². The van der Waals surface area contributed by atoms with Crippen LogP contribution in [0.4, 0.5) is 4.39 Å². The fourth-order valence-corrected chi connectivity index (χ4v) is 3.90. The van der Waals surface area contributed by atoms with E-state index in [1.165, 1.54) is 18.6 Å². The molecule has 4 rings (SSSR count). The third-order valence-electron chi connectivity index (χ3n) is 5.54. The molecular weight excluding hydrogens is 359 g/mol. The molecule has 1 amide bonds. The van der Waals surface area contributed by atoms with Crippen molar-refractivity contribution in [2.45, 2.75) is 25.8 Å². The van der Waals surface area contributed by atoms with Gasteiger partial charge in [0, 0.05) is 51.4 Å². The molecule has 2 fully saturated rings. The lowest BCUT2D eigenvalue weighted by molar-refractivity contribution is -0.133. The molecular formula is C21H27FN4O2. The number of nitrogens with zero attached hydrogens (tertiary/aromatic N) is 4. The molecule has 0 unspecified atom stereocenters. The van der Waals surface area contributed by atoms with Crippen LogP contribution in [0.2, 0.25) is 0 Å². The van der Waals surface area contributed by atoms with Gasteiger partial charge in [-0.3, -0.25) is 14.6 Å². The Labute approximate surface area is 164 Å². The van der Waals surface area contributed by atoms with Gasteiger partial charge in [0.05, 0.1) is 12.2 Å². The average molecular weight is 386 g/mol. The van der Waals surface area contributed by atoms with Crippen molar-refractivity contribution in [2.24, 2.45) is 0 Å². The molecule has 28 heavy (non-hydrogen) atoms. The van der Waals surface area contributed by atoms with Gasteiger partial charge in [-0.15, -0.1) is 0 Å². The maximum Gasteiger partial charge on any atom is 0.236 e. The number of likely N-dealkylation sites (tertiary alicyclic amines) is 1. The van der Waals surface area contributed by atoms with Crippen LogP contribution in [-0.4, -0.2) is 71.4 Å². The second-order valence-corrected chi connectivity index (χ2v) is 7.65. The number of carbonyl (C=O) groups excluding carboxylic acids is 1. The zero-order valence-corrected chi connectivity index (χ0v) is 16.1. The highest BCUT2D eigenvalue weighted by molar-refractivity contribution is 5.78. The van der Waals surface area contributed by atoms with Crippen molar-refractivity contribution in [1.29, 1.82) is 0 Å². The summed E-state index contributed by atoms with van der Waals surface area (Å²) >= 11 is 0. The smallest absolute Gasteiger partial charge is 0.236 e. The van der Waals surface area contributed by atoms with Gasteiger partial charge in [0.1, 0.15) is 12.1 Å². The summed E-state index contributed by atoms with van der Waals surface area (Å²) in [5.74, 6) is 0.414. The molecule has 7 heteroatoms. The third-order valence-corrected chi connectivity index (χ3v) is 5.54. The molecule has 0 spiro atoms. The van der Waals surface area contributed by atoms with E-state index in [0.717, 1.165) is 57.8 Å². The van der Waals surface area contributed by atoms with Gasteiger partial charge in [0.25, 0.3) is 0 Å². The predicted octanol–water partition coefficient (Wildman–Crippen LogP) is 2.61. The largest absolute Gasteiger partial charge is 0.444 e. The minimum Gasteiger partial charge on any atom is -0.444 e. The Morgan fingerprint density at radius 2 is 1.79 bits per heavy atom. The highest BCUT2D eigenvalue weighted by Gasteiger charge is 2.23. The normalized spacial score (nSPS) is 19.1. The number of amides is 1. The number of benzene rings is 1. The molecule has 0 radical (unpaired) electrons. The zero-order chi connectivity index (χ0) is 19.3. The van der Waals surface area contributed by atoms with Crippen molar-refractivity contribution in [3.8, 4) is 11.5 Å². The van der Waals surface area contributed by atoms with Crippen molar-refractivity contribution in [1.82, 2.24) is 19.7 Å². The summed E-state index contributed by atoms with van der Waals surface area (Å²) in [7, 11) is 0. The zero-order valence-electron chi connectivity index (χ0n) is 16.1. The Morgan fingerprint density at radius 1 is 1.04 bits per heavy atom. The number of piperidine rings is 1. The minimum atomic E-state index is -0.299. The summed E-state index contributed by atoms with van der Waals surface area (Å²) in [5, 5.41) is 0. The summed E-state index contributed by atoms with van der Waals surface area (Å²) in [6, 6.07) is 6.27. The number of rotatable bonds is 5. The molecule has 2 aromatic rings. The molecule has 0 bridgehead atoms. The second kappa shape index (κ2) is 8.84. The van der Waals surface area contributed by atoms with Gasteiger partial charge >= 0.3 is 0 Å². The van der Waals surface area contributed by atoms with E-state index in [0.29, 0.717) is 24.5 Å². The van der Waals surface area contributed by atoms with Gasteiger partial charge in [-0.2, -0.15) is 0 Å². The van der Waals surface area contributed by atoms with E-state index in [4.69, 9.17) is 4.42 Å². The highest BCUT2D eigenvalue weighted by Crippen LogP contribution is 2.20. The van der Waals surface area contributed by atoms with Crippen LogP contribution in [0.15, 0.2) is 34.9 Å². The van der Waals surface area contributed by atoms with Gasteiger partial charge in [0.2, 0.25) is 11.8 Å². The van der Waals surface area contributed by atoms with Crippen molar-refractivity contribution in [3.63, 3.8) is 0 Å². The van der Waals surface area contributed by atoms with Crippen molar-refractivity contribution >= 4 is 5.91 Å². The molecule has 0 atom stereocenters. The van der Waals surface area contributed by atoms with Crippen LogP contribution in [0, 0.1) is 5.82 Å². The fourth-order valence-electron chi connectivity index (χ4n) is 3.90. The lowest BCUT2D eigenvalue weighted by atomic mass is 10.1. The molecule has 0 aliphatic carbocycles. The number of oxazole rings is 1. The Bertz CT molecular complexity index is 795. The molecule has 3 heterocycles. The molecule has 2 saturated heterocycles. The van der Waals surface area contributed by atoms with Gasteiger partial charge in [-0.1, -0.05) is 6.07 Å². The molecule has 2 aliphatic rings. The summed E-state index contributed by atoms with van der Waals surface area (Å²) in [4.78, 5) is 23.5. The number of aromatic nitrogens is 1. The van der Waals surface area contributed by atoms with Crippen LogP contribution in [0.3, 0.4) is 0 Å². The first-order chi connectivity index (χ1) is 13.7. The summed E-state index contributed by atoms with van der Waals surface area (Å²) in [6.45, 7) is 6.62. The SMILES string of the molecule is O=C(CN1CCN(Cc2coc(-c3cccc(F)c3)n2)CC1)N1CCCCC1. The van der Waals surface area contributed by atoms with Crippen LogP contribution in [0.25, 0.3) is 11.5 Å². The van der Waals surface area contributed by atoms with Crippen molar-refractivity contribution in [2.75, 3.05) is 45.8 Å². The molecule has 0 saturated carbocycles. The molecule has 1 aromatic carbocycles. The number of piperazine rings is 1. The van der Waals surface area contributed by atoms with E-state index in [-0.39, 0.29) is 11.7 Å². The Kier molecular flexibility index (Phi) is 6.02. The van der Waals surface area contributed by atoms with Gasteiger partial charge in [-0.05, 0) is 37.5 Å². The van der Waals surface area contributed by atoms with E-state index in [2.05, 4.69) is 14.8 Å². The topological polar surface area (TPSA) is 52.8 Å². The average Bonchev–Trinajstić information content (AvgIpc) is 3.19. The van der Waals surface area contributed by atoms with Crippen LogP contribution >= 0.6 is 0 Å². The highest BCUT2D eigenvalue weighted by atomic mass is 19.1. The maximum absolute atomic E-state index is 13.4. The van der Waals surface area contributed by atoms with Gasteiger partial charge in [0.15, 0.2) is 0 Å². The summed E-state index contributed by atoms with van der Waals surface area (Å²) in [5.41, 5.74) is 1.49. The van der Waals surface area contributed by atoms with Crippen molar-refractivity contribution in [3.05, 3.63) is 42.0 Å². The lowest BCUT2D eigenvalue weighted by Gasteiger charge is -2.35. The molecule has 0 N–H and O–H groups in total. The van der Waals surface area contributed by atoms with E-state index < -0.39 is 0 Å². The van der Waals surface area contributed by atoms with Crippen LogP contribution < -0.4 is 0 Å². The quantitative estimate of drug-likeness (QED) is 0.791. The fraction of sp³-hybridized carbons (Fsp3) is 0.524. The molecule has 6 nitrogen and oxygen atoms in total. The second-order valence-electron chi connectivity index (χ2n) is 7.65. The number of hydrogen-bond donors (Lipinski definition) is 0. The Balaban J connectivity index is 1.25. The Hall–Kier alpha value is -2.25. The summed E-state index contributed by atoms with van der Waals surface area (Å²) in [6.07, 6.45) is 5.15. The van der Waals surface area contributed by atoms with Crippen LogP contribution in [0.5, 0.6) is 0 Å². The van der Waals surface area contributed by atoms with Crippen molar-refractivity contribution < 1.29 is 13.6 Å². The standard InChI is InChI=1S/C21H27FN4O2/c22-18-6-4-5-17(13-18)21-23-19(16-28-21)14-24-9-11-25(12-10-24)15-20(27)26-7-2-1-3-8-26/h4-6,13,16H,1-3,7-12,14-15H2. The van der Waals surface area contributed by atoms with Gasteiger partial charge < -0.3 is 9.32 Å². The first kappa shape index (κ1) is 19.1. The monoisotopic (exact) mass is 386 g/mol. The van der Waals surface area contributed by atoms with Crippen LogP contribution in [0.1, 0.15) is 25.0 Å². The van der Waals surface area contributed by atoms with E-state index in [1.54, 1.807) is 18.4 Å². The number of halogens is 1. The molecule has 2 aliphatic heterocycles. The lowest BCUT2D eigenvalue weighted by Crippen LogP contribution is -2.50. The Morgan fingerprint density at radius 3 is 2.54 bits per heavy atom. The first-order valence-electron chi connectivity index (χ1n) is 10.1. The number of carbonyl (C=O) groups is 1. The summed E-state index contributed by atoms with van der Waals surface area (Å²) < 4.78 is 18.9. The number of hydrogen-bond acceptors (Lipinski definition) is 5. The minimum absolute atomic E-state index is 0.268. The molecule has 1 aromatic heterocycles. The molecule has 150 valence electrons. The van der Waals surface area contributed by atoms with E-state index in [9.17, 15) is 9.18 Å². The van der Waals surface area contributed by atoms with Crippen LogP contribution in [-0.2, 0) is 11.3 Å². The first-order valence-corrected chi connectivity index (χ1v) is 10.1. The van der Waals surface area contributed by atoms with E-state index in [1.807, 2.05) is 4.90 Å². The third kappa shape index (κ3) is 4.77.